The van der Waals surface area contributed by atoms with Crippen LogP contribution in [0, 0.1) is 18.8 Å². The SMILES string of the molecule is Cc1nc(-c2c(N)ncnc2N[C@@H](C)c2nc3cccc(C#CC(C)O)c3c(=O)n2-c2ccccc2)no1. The zero-order valence-electron chi connectivity index (χ0n) is 20.9. The van der Waals surface area contributed by atoms with Crippen molar-refractivity contribution in [3.63, 3.8) is 0 Å². The molecule has 190 valence electrons. The fraction of sp³-hybridized carbons (Fsp3) is 0.185. The van der Waals surface area contributed by atoms with E-state index in [1.54, 1.807) is 32.0 Å². The minimum absolute atomic E-state index is 0.170. The molecule has 11 nitrogen and oxygen atoms in total. The van der Waals surface area contributed by atoms with Crippen LogP contribution in [0.25, 0.3) is 28.0 Å². The summed E-state index contributed by atoms with van der Waals surface area (Å²) in [6.45, 7) is 5.09. The molecule has 0 fully saturated rings. The van der Waals surface area contributed by atoms with Gasteiger partial charge < -0.3 is 20.7 Å². The molecule has 2 aromatic carbocycles. The Labute approximate surface area is 217 Å². The van der Waals surface area contributed by atoms with Crippen molar-refractivity contribution in [1.82, 2.24) is 29.7 Å². The highest BCUT2D eigenvalue weighted by Gasteiger charge is 2.23. The summed E-state index contributed by atoms with van der Waals surface area (Å²) in [7, 11) is 0. The summed E-state index contributed by atoms with van der Waals surface area (Å²) in [5.41, 5.74) is 7.81. The van der Waals surface area contributed by atoms with Crippen LogP contribution in [-0.2, 0) is 0 Å². The maximum atomic E-state index is 14.0. The Morgan fingerprint density at radius 2 is 1.87 bits per heavy atom. The van der Waals surface area contributed by atoms with Crippen LogP contribution in [-0.4, -0.2) is 40.9 Å². The Kier molecular flexibility index (Phi) is 6.55. The van der Waals surface area contributed by atoms with Crippen molar-refractivity contribution >= 4 is 22.5 Å². The summed E-state index contributed by atoms with van der Waals surface area (Å²) in [5.74, 6) is 7.18. The zero-order valence-corrected chi connectivity index (χ0v) is 20.9. The molecule has 3 aromatic heterocycles. The van der Waals surface area contributed by atoms with Gasteiger partial charge in [0.25, 0.3) is 5.56 Å². The van der Waals surface area contributed by atoms with E-state index >= 15 is 0 Å². The standard InChI is InChI=1S/C27H24N8O3/c1-15(36)12-13-18-8-7-11-20-21(18)27(37)35(19-9-5-4-6-10-19)26(33-20)16(2)31-24-22(23(28)29-14-30-24)25-32-17(3)38-34-25/h4-11,14-16,36H,1-3H3,(H3,28,29,30,31)/t15?,16-/m0/s1. The molecule has 5 aromatic rings. The number of aliphatic hydroxyl groups excluding tert-OH is 1. The first-order valence-electron chi connectivity index (χ1n) is 11.8. The number of para-hydroxylation sites is 1. The minimum atomic E-state index is -0.837. The van der Waals surface area contributed by atoms with E-state index < -0.39 is 12.1 Å². The number of nitrogen functional groups attached to an aromatic ring is 1. The molecule has 0 saturated carbocycles. The zero-order chi connectivity index (χ0) is 26.8. The number of nitrogens with zero attached hydrogens (tertiary/aromatic N) is 6. The van der Waals surface area contributed by atoms with E-state index in [0.29, 0.717) is 45.3 Å². The summed E-state index contributed by atoms with van der Waals surface area (Å²) in [4.78, 5) is 31.6. The maximum Gasteiger partial charge on any atom is 0.267 e. The first-order chi connectivity index (χ1) is 18.3. The van der Waals surface area contributed by atoms with Crippen molar-refractivity contribution in [1.29, 1.82) is 0 Å². The van der Waals surface area contributed by atoms with E-state index in [1.165, 1.54) is 10.9 Å². The number of aryl methyl sites for hydroxylation is 1. The molecule has 0 radical (unpaired) electrons. The molecule has 0 saturated heterocycles. The number of benzene rings is 2. The van der Waals surface area contributed by atoms with Crippen molar-refractivity contribution in [3.8, 4) is 28.9 Å². The predicted octanol–water partition coefficient (Wildman–Crippen LogP) is 3.02. The molecule has 2 atom stereocenters. The largest absolute Gasteiger partial charge is 0.383 e. The predicted molar refractivity (Wildman–Crippen MR) is 142 cm³/mol. The van der Waals surface area contributed by atoms with Crippen LogP contribution in [0.3, 0.4) is 0 Å². The van der Waals surface area contributed by atoms with Crippen LogP contribution in [0.1, 0.15) is 37.2 Å². The van der Waals surface area contributed by atoms with Gasteiger partial charge in [0.2, 0.25) is 11.7 Å². The van der Waals surface area contributed by atoms with E-state index in [-0.39, 0.29) is 17.2 Å². The highest BCUT2D eigenvalue weighted by Crippen LogP contribution is 2.31. The second-order valence-electron chi connectivity index (χ2n) is 8.58. The summed E-state index contributed by atoms with van der Waals surface area (Å²) in [6, 6.07) is 13.9. The third-order valence-corrected chi connectivity index (χ3v) is 5.72. The summed E-state index contributed by atoms with van der Waals surface area (Å²) >= 11 is 0. The van der Waals surface area contributed by atoms with E-state index in [4.69, 9.17) is 15.2 Å². The molecular formula is C27H24N8O3. The Balaban J connectivity index is 1.69. The quantitative estimate of drug-likeness (QED) is 0.301. The molecule has 0 aliphatic carbocycles. The average Bonchev–Trinajstić information content (AvgIpc) is 3.33. The monoisotopic (exact) mass is 508 g/mol. The number of anilines is 2. The Morgan fingerprint density at radius 3 is 2.58 bits per heavy atom. The van der Waals surface area contributed by atoms with Crippen molar-refractivity contribution in [2.45, 2.75) is 32.9 Å². The van der Waals surface area contributed by atoms with Crippen LogP contribution in [0.5, 0.6) is 0 Å². The number of nitrogens with one attached hydrogen (secondary N) is 1. The van der Waals surface area contributed by atoms with Crippen molar-refractivity contribution < 1.29 is 9.63 Å². The second kappa shape index (κ2) is 10.1. The molecule has 3 heterocycles. The molecule has 5 rings (SSSR count). The van der Waals surface area contributed by atoms with Gasteiger partial charge >= 0.3 is 0 Å². The molecule has 11 heteroatoms. The van der Waals surface area contributed by atoms with Crippen molar-refractivity contribution in [2.75, 3.05) is 11.1 Å². The Hall–Kier alpha value is -5.08. The summed E-state index contributed by atoms with van der Waals surface area (Å²) < 4.78 is 6.66. The first kappa shape index (κ1) is 24.6. The van der Waals surface area contributed by atoms with Gasteiger partial charge in [-0.15, -0.1) is 0 Å². The van der Waals surface area contributed by atoms with Gasteiger partial charge in [-0.05, 0) is 38.1 Å². The molecule has 0 aliphatic rings. The molecule has 0 spiro atoms. The lowest BCUT2D eigenvalue weighted by atomic mass is 10.1. The molecule has 0 bridgehead atoms. The number of aliphatic hydroxyl groups is 1. The fourth-order valence-electron chi connectivity index (χ4n) is 4.05. The lowest BCUT2D eigenvalue weighted by Crippen LogP contribution is -2.28. The van der Waals surface area contributed by atoms with E-state index in [1.807, 2.05) is 37.3 Å². The van der Waals surface area contributed by atoms with E-state index in [9.17, 15) is 9.90 Å². The van der Waals surface area contributed by atoms with Crippen molar-refractivity contribution in [3.05, 3.63) is 82.5 Å². The van der Waals surface area contributed by atoms with Gasteiger partial charge in [-0.1, -0.05) is 41.3 Å². The van der Waals surface area contributed by atoms with Gasteiger partial charge in [0, 0.05) is 12.5 Å². The number of hydrogen-bond donors (Lipinski definition) is 3. The van der Waals surface area contributed by atoms with Crippen LogP contribution in [0.2, 0.25) is 0 Å². The lowest BCUT2D eigenvalue weighted by molar-refractivity contribution is 0.253. The first-order valence-corrected chi connectivity index (χ1v) is 11.8. The molecule has 38 heavy (non-hydrogen) atoms. The molecular weight excluding hydrogens is 484 g/mol. The normalized spacial score (nSPS) is 12.5. The average molecular weight is 509 g/mol. The molecule has 0 aliphatic heterocycles. The Bertz CT molecular complexity index is 1750. The number of hydrogen-bond acceptors (Lipinski definition) is 10. The highest BCUT2D eigenvalue weighted by molar-refractivity contribution is 5.85. The fourth-order valence-corrected chi connectivity index (χ4v) is 4.05. The molecule has 4 N–H and O–H groups in total. The molecule has 1 unspecified atom stereocenters. The highest BCUT2D eigenvalue weighted by atomic mass is 16.5. The van der Waals surface area contributed by atoms with Gasteiger partial charge in [-0.3, -0.25) is 9.36 Å². The van der Waals surface area contributed by atoms with Gasteiger partial charge in [-0.2, -0.15) is 4.98 Å². The third-order valence-electron chi connectivity index (χ3n) is 5.72. The lowest BCUT2D eigenvalue weighted by Gasteiger charge is -2.21. The number of fused-ring (bicyclic) bond motifs is 1. The third kappa shape index (κ3) is 4.68. The second-order valence-corrected chi connectivity index (χ2v) is 8.58. The number of aromatic nitrogens is 6. The van der Waals surface area contributed by atoms with Gasteiger partial charge in [0.1, 0.15) is 35.5 Å². The van der Waals surface area contributed by atoms with Gasteiger partial charge in [-0.25, -0.2) is 15.0 Å². The van der Waals surface area contributed by atoms with Crippen LogP contribution in [0.15, 0.2) is 64.2 Å². The van der Waals surface area contributed by atoms with Crippen LogP contribution >= 0.6 is 0 Å². The van der Waals surface area contributed by atoms with E-state index in [2.05, 4.69) is 37.3 Å². The summed E-state index contributed by atoms with van der Waals surface area (Å²) in [6.07, 6.45) is 0.488. The number of nitrogens with two attached hydrogens (primary N) is 1. The van der Waals surface area contributed by atoms with Crippen LogP contribution < -0.4 is 16.6 Å². The molecule has 0 amide bonds. The Morgan fingerprint density at radius 1 is 1.08 bits per heavy atom. The minimum Gasteiger partial charge on any atom is -0.383 e. The van der Waals surface area contributed by atoms with Gasteiger partial charge in [0.05, 0.1) is 22.6 Å². The topological polar surface area (TPSA) is 158 Å². The number of rotatable bonds is 5. The summed E-state index contributed by atoms with van der Waals surface area (Å²) in [5, 5.41) is 17.3. The smallest absolute Gasteiger partial charge is 0.267 e. The van der Waals surface area contributed by atoms with Crippen molar-refractivity contribution in [2.24, 2.45) is 0 Å². The van der Waals surface area contributed by atoms with Crippen LogP contribution in [0.4, 0.5) is 11.6 Å². The van der Waals surface area contributed by atoms with E-state index in [0.717, 1.165) is 0 Å². The van der Waals surface area contributed by atoms with Gasteiger partial charge in [0.15, 0.2) is 0 Å². The maximum absolute atomic E-state index is 14.0.